The quantitative estimate of drug-likeness (QED) is 0.750. The molecule has 0 bridgehead atoms. The number of pyridine rings is 1. The molecule has 0 aliphatic heterocycles. The van der Waals surface area contributed by atoms with Gasteiger partial charge in [-0.3, -0.25) is 14.5 Å². The molecule has 1 unspecified atom stereocenters. The molecule has 0 radical (unpaired) electrons. The lowest BCUT2D eigenvalue weighted by atomic mass is 10.4. The second-order valence-electron chi connectivity index (χ2n) is 4.62. The summed E-state index contributed by atoms with van der Waals surface area (Å²) in [4.78, 5) is 16.5. The highest BCUT2D eigenvalue weighted by molar-refractivity contribution is 8.00. The van der Waals surface area contributed by atoms with E-state index in [1.54, 1.807) is 19.2 Å². The molecule has 1 amide bonds. The highest BCUT2D eigenvalue weighted by Crippen LogP contribution is 2.24. The van der Waals surface area contributed by atoms with Crippen LogP contribution in [0.5, 0.6) is 0 Å². The number of thioether (sulfide) groups is 1. The maximum Gasteiger partial charge on any atom is 0.240 e. The molecule has 1 atom stereocenters. The third-order valence-corrected chi connectivity index (χ3v) is 4.01. The Balaban J connectivity index is 1.70. The van der Waals surface area contributed by atoms with Crippen molar-refractivity contribution >= 4 is 29.1 Å². The highest BCUT2D eigenvalue weighted by Gasteiger charge is 2.18. The highest BCUT2D eigenvalue weighted by atomic mass is 32.2. The van der Waals surface area contributed by atoms with Gasteiger partial charge in [0, 0.05) is 12.3 Å². The minimum atomic E-state index is -0.304. The molecule has 3 heterocycles. The number of aromatic nitrogens is 3. The van der Waals surface area contributed by atoms with Crippen molar-refractivity contribution in [1.82, 2.24) is 14.5 Å². The van der Waals surface area contributed by atoms with Crippen LogP contribution in [0.2, 0.25) is 0 Å². The smallest absolute Gasteiger partial charge is 0.240 e. The molecule has 21 heavy (non-hydrogen) atoms. The Bertz CT molecular complexity index is 780. The van der Waals surface area contributed by atoms with E-state index in [9.17, 15) is 4.79 Å². The van der Waals surface area contributed by atoms with Gasteiger partial charge in [0.05, 0.1) is 22.7 Å². The van der Waals surface area contributed by atoms with Crippen LogP contribution in [0.4, 0.5) is 5.88 Å². The number of hydrogen-bond donors (Lipinski definition) is 1. The fourth-order valence-electron chi connectivity index (χ4n) is 1.86. The number of rotatable bonds is 4. The van der Waals surface area contributed by atoms with Gasteiger partial charge in [-0.2, -0.15) is 0 Å². The molecule has 0 saturated heterocycles. The Labute approximate surface area is 125 Å². The Morgan fingerprint density at radius 1 is 1.48 bits per heavy atom. The number of carbonyl (C=O) groups is 1. The van der Waals surface area contributed by atoms with Gasteiger partial charge in [0.25, 0.3) is 0 Å². The molecule has 0 spiro atoms. The van der Waals surface area contributed by atoms with Crippen LogP contribution in [-0.2, 0) is 4.79 Å². The molecule has 0 fully saturated rings. The first-order valence-corrected chi connectivity index (χ1v) is 7.34. The molecule has 1 N–H and O–H groups in total. The van der Waals surface area contributed by atoms with Gasteiger partial charge in [-0.25, -0.2) is 4.98 Å². The van der Waals surface area contributed by atoms with Crippen molar-refractivity contribution in [1.29, 1.82) is 0 Å². The zero-order chi connectivity index (χ0) is 14.8. The van der Waals surface area contributed by atoms with Crippen LogP contribution < -0.4 is 5.32 Å². The van der Waals surface area contributed by atoms with Crippen LogP contribution in [0.25, 0.3) is 5.52 Å². The fraction of sp³-hybridized carbons (Fsp3) is 0.214. The molecular formula is C14H14N4O2S. The first kappa shape index (κ1) is 13.7. The van der Waals surface area contributed by atoms with E-state index in [-0.39, 0.29) is 11.2 Å². The van der Waals surface area contributed by atoms with Crippen LogP contribution in [0, 0.1) is 6.92 Å². The number of anilines is 1. The SMILES string of the molecule is Cc1cc(NC(=O)C(C)Sc2ncc3ccccn23)on1. The van der Waals surface area contributed by atoms with Gasteiger partial charge in [-0.1, -0.05) is 23.0 Å². The predicted molar refractivity (Wildman–Crippen MR) is 80.4 cm³/mol. The summed E-state index contributed by atoms with van der Waals surface area (Å²) >= 11 is 1.39. The lowest BCUT2D eigenvalue weighted by molar-refractivity contribution is -0.115. The number of fused-ring (bicyclic) bond motifs is 1. The largest absolute Gasteiger partial charge is 0.338 e. The van der Waals surface area contributed by atoms with Gasteiger partial charge in [0.1, 0.15) is 0 Å². The zero-order valence-electron chi connectivity index (χ0n) is 11.6. The summed E-state index contributed by atoms with van der Waals surface area (Å²) in [6, 6.07) is 7.54. The van der Waals surface area contributed by atoms with E-state index < -0.39 is 0 Å². The first-order chi connectivity index (χ1) is 10.1. The Morgan fingerprint density at radius 3 is 3.10 bits per heavy atom. The number of hydrogen-bond acceptors (Lipinski definition) is 5. The first-order valence-electron chi connectivity index (χ1n) is 6.46. The molecule has 0 aliphatic rings. The molecule has 0 aliphatic carbocycles. The maximum atomic E-state index is 12.1. The lowest BCUT2D eigenvalue weighted by Gasteiger charge is -2.09. The van der Waals surface area contributed by atoms with Crippen LogP contribution >= 0.6 is 11.8 Å². The minimum Gasteiger partial charge on any atom is -0.338 e. The molecule has 3 aromatic rings. The summed E-state index contributed by atoms with van der Waals surface area (Å²) in [5, 5.41) is 6.90. The molecule has 7 heteroatoms. The van der Waals surface area contributed by atoms with E-state index in [0.717, 1.165) is 16.4 Å². The molecule has 108 valence electrons. The van der Waals surface area contributed by atoms with Gasteiger partial charge in [0.2, 0.25) is 11.8 Å². The summed E-state index contributed by atoms with van der Waals surface area (Å²) in [6.45, 7) is 3.63. The van der Waals surface area contributed by atoms with Crippen LogP contribution in [0.15, 0.2) is 46.3 Å². The summed E-state index contributed by atoms with van der Waals surface area (Å²) in [5.41, 5.74) is 1.73. The summed E-state index contributed by atoms with van der Waals surface area (Å²) in [6.07, 6.45) is 3.71. The van der Waals surface area contributed by atoms with E-state index >= 15 is 0 Å². The van der Waals surface area contributed by atoms with Gasteiger partial charge in [-0.05, 0) is 26.0 Å². The van der Waals surface area contributed by atoms with Crippen molar-refractivity contribution in [3.8, 4) is 0 Å². The van der Waals surface area contributed by atoms with Crippen molar-refractivity contribution in [3.05, 3.63) is 42.4 Å². The monoisotopic (exact) mass is 302 g/mol. The number of imidazole rings is 1. The summed E-state index contributed by atoms with van der Waals surface area (Å²) in [5.74, 6) is 0.210. The molecule has 3 aromatic heterocycles. The minimum absolute atomic E-state index is 0.149. The van der Waals surface area contributed by atoms with Crippen molar-refractivity contribution < 1.29 is 9.32 Å². The zero-order valence-corrected chi connectivity index (χ0v) is 12.4. The normalized spacial score (nSPS) is 12.5. The van der Waals surface area contributed by atoms with Gasteiger partial charge in [-0.15, -0.1) is 0 Å². The average molecular weight is 302 g/mol. The number of nitrogens with one attached hydrogen (secondary N) is 1. The second-order valence-corrected chi connectivity index (χ2v) is 5.93. The summed E-state index contributed by atoms with van der Waals surface area (Å²) < 4.78 is 6.93. The predicted octanol–water partition coefficient (Wildman–Crippen LogP) is 2.75. The van der Waals surface area contributed by atoms with Crippen LogP contribution in [0.3, 0.4) is 0 Å². The Hall–Kier alpha value is -2.28. The van der Waals surface area contributed by atoms with E-state index in [4.69, 9.17) is 4.52 Å². The van der Waals surface area contributed by atoms with Crippen molar-refractivity contribution in [2.75, 3.05) is 5.32 Å². The Morgan fingerprint density at radius 2 is 2.33 bits per heavy atom. The van der Waals surface area contributed by atoms with Gasteiger partial charge < -0.3 is 4.52 Å². The number of aryl methyl sites for hydroxylation is 1. The van der Waals surface area contributed by atoms with Crippen LogP contribution in [0.1, 0.15) is 12.6 Å². The third-order valence-electron chi connectivity index (χ3n) is 2.93. The topological polar surface area (TPSA) is 72.4 Å². The molecule has 6 nitrogen and oxygen atoms in total. The lowest BCUT2D eigenvalue weighted by Crippen LogP contribution is -2.22. The maximum absolute atomic E-state index is 12.1. The molecular weight excluding hydrogens is 288 g/mol. The van der Waals surface area contributed by atoms with Gasteiger partial charge >= 0.3 is 0 Å². The molecule has 0 aromatic carbocycles. The van der Waals surface area contributed by atoms with Crippen molar-refractivity contribution in [2.45, 2.75) is 24.3 Å². The fourth-order valence-corrected chi connectivity index (χ4v) is 2.74. The number of carbonyl (C=O) groups excluding carboxylic acids is 1. The van der Waals surface area contributed by atoms with E-state index in [1.165, 1.54) is 11.8 Å². The van der Waals surface area contributed by atoms with Crippen molar-refractivity contribution in [2.24, 2.45) is 0 Å². The molecule has 0 saturated carbocycles. The molecule has 3 rings (SSSR count). The standard InChI is InChI=1S/C14H14N4O2S/c1-9-7-12(20-17-9)16-13(19)10(2)21-14-15-8-11-5-3-4-6-18(11)14/h3-8,10H,1-2H3,(H,16,19). The summed E-state index contributed by atoms with van der Waals surface area (Å²) in [7, 11) is 0. The van der Waals surface area contributed by atoms with Gasteiger partial charge in [0.15, 0.2) is 5.16 Å². The number of nitrogens with zero attached hydrogens (tertiary/aromatic N) is 3. The van der Waals surface area contributed by atoms with E-state index in [0.29, 0.717) is 5.88 Å². The second kappa shape index (κ2) is 5.61. The van der Waals surface area contributed by atoms with E-state index in [2.05, 4.69) is 15.5 Å². The van der Waals surface area contributed by atoms with E-state index in [1.807, 2.05) is 35.7 Å². The van der Waals surface area contributed by atoms with Crippen LogP contribution in [-0.4, -0.2) is 25.7 Å². The van der Waals surface area contributed by atoms with Crippen molar-refractivity contribution in [3.63, 3.8) is 0 Å². The average Bonchev–Trinajstić information content (AvgIpc) is 3.06. The number of amides is 1. The third kappa shape index (κ3) is 2.92. The Kier molecular flexibility index (Phi) is 3.66.